The Morgan fingerprint density at radius 1 is 1.12 bits per heavy atom. The second-order valence-electron chi connectivity index (χ2n) is 7.23. The largest absolute Gasteiger partial charge is 0.380 e. The number of aliphatic hydroxyl groups is 1. The van der Waals surface area contributed by atoms with E-state index in [0.29, 0.717) is 17.4 Å². The molecule has 0 unspecified atom stereocenters. The number of benzene rings is 2. The molecular formula is C21H19F3N6O2. The predicted molar refractivity (Wildman–Crippen MR) is 106 cm³/mol. The van der Waals surface area contributed by atoms with Crippen LogP contribution in [0.3, 0.4) is 0 Å². The monoisotopic (exact) mass is 444 g/mol. The van der Waals surface area contributed by atoms with Gasteiger partial charge in [0.2, 0.25) is 0 Å². The highest BCUT2D eigenvalue weighted by Crippen LogP contribution is 2.32. The molecule has 0 amide bonds. The van der Waals surface area contributed by atoms with E-state index in [9.17, 15) is 18.3 Å². The highest BCUT2D eigenvalue weighted by molar-refractivity contribution is 5.31. The van der Waals surface area contributed by atoms with Crippen molar-refractivity contribution in [1.82, 2.24) is 29.8 Å². The molecule has 2 aromatic carbocycles. The summed E-state index contributed by atoms with van der Waals surface area (Å²) in [6, 6.07) is 8.75. The van der Waals surface area contributed by atoms with Gasteiger partial charge in [0.05, 0.1) is 31.1 Å². The van der Waals surface area contributed by atoms with Crippen LogP contribution in [0, 0.1) is 17.5 Å². The zero-order chi connectivity index (χ0) is 22.7. The maximum absolute atomic E-state index is 14.6. The van der Waals surface area contributed by atoms with Crippen molar-refractivity contribution in [3.63, 3.8) is 0 Å². The van der Waals surface area contributed by atoms with Gasteiger partial charge in [-0.1, -0.05) is 17.3 Å². The van der Waals surface area contributed by atoms with Gasteiger partial charge in [0, 0.05) is 11.6 Å². The molecule has 0 fully saturated rings. The van der Waals surface area contributed by atoms with Crippen LogP contribution in [0.4, 0.5) is 13.2 Å². The molecule has 0 saturated carbocycles. The SMILES string of the molecule is C[C@@H](OCc1cn(-c2cccc(F)c2)nn1)[C@](O)(Cn1cncn1)c1ccc(F)cc1F. The molecule has 4 rings (SSSR count). The number of hydrogen-bond acceptors (Lipinski definition) is 6. The third-order valence-corrected chi connectivity index (χ3v) is 5.03. The Kier molecular flexibility index (Phi) is 6.01. The summed E-state index contributed by atoms with van der Waals surface area (Å²) in [7, 11) is 0. The molecule has 0 radical (unpaired) electrons. The number of hydrogen-bond donors (Lipinski definition) is 1. The van der Waals surface area contributed by atoms with Crippen molar-refractivity contribution >= 4 is 0 Å². The minimum absolute atomic E-state index is 0.0705. The normalized spacial score (nSPS) is 14.3. The Labute approximate surface area is 180 Å². The van der Waals surface area contributed by atoms with Gasteiger partial charge in [-0.15, -0.1) is 5.10 Å². The zero-order valence-corrected chi connectivity index (χ0v) is 16.9. The standard InChI is InChI=1S/C21H19F3N6O2/c1-14(32-10-17-9-30(28-27-17)18-4-2-3-15(22)7-18)21(31,11-29-13-25-12-26-29)19-6-5-16(23)8-20(19)24/h2-9,12-14,31H,10-11H2,1H3/t14-,21-/m1/s1. The third-order valence-electron chi connectivity index (χ3n) is 5.03. The van der Waals surface area contributed by atoms with Gasteiger partial charge >= 0.3 is 0 Å². The van der Waals surface area contributed by atoms with E-state index in [4.69, 9.17) is 4.74 Å². The van der Waals surface area contributed by atoms with Crippen LogP contribution < -0.4 is 0 Å². The minimum atomic E-state index is -1.90. The summed E-state index contributed by atoms with van der Waals surface area (Å²) in [5.41, 5.74) is -1.16. The first-order valence-corrected chi connectivity index (χ1v) is 9.64. The maximum Gasteiger partial charge on any atom is 0.138 e. The fourth-order valence-electron chi connectivity index (χ4n) is 3.29. The van der Waals surface area contributed by atoms with E-state index in [1.54, 1.807) is 25.3 Å². The van der Waals surface area contributed by atoms with Crippen LogP contribution in [0.1, 0.15) is 18.2 Å². The first-order valence-electron chi connectivity index (χ1n) is 9.64. The van der Waals surface area contributed by atoms with E-state index in [-0.39, 0.29) is 18.7 Å². The van der Waals surface area contributed by atoms with Crippen LogP contribution in [0.5, 0.6) is 0 Å². The first-order chi connectivity index (χ1) is 15.3. The van der Waals surface area contributed by atoms with Gasteiger partial charge in [-0.05, 0) is 31.2 Å². The van der Waals surface area contributed by atoms with Crippen LogP contribution in [0.15, 0.2) is 61.3 Å². The quantitative estimate of drug-likeness (QED) is 0.450. The molecule has 0 saturated heterocycles. The highest BCUT2D eigenvalue weighted by Gasteiger charge is 2.40. The van der Waals surface area contributed by atoms with Crippen molar-refractivity contribution in [2.75, 3.05) is 0 Å². The molecular weight excluding hydrogens is 425 g/mol. The van der Waals surface area contributed by atoms with Gasteiger partial charge in [0.15, 0.2) is 0 Å². The fraction of sp³-hybridized carbons (Fsp3) is 0.238. The molecule has 2 aromatic heterocycles. The lowest BCUT2D eigenvalue weighted by Gasteiger charge is -2.34. The Morgan fingerprint density at radius 3 is 2.66 bits per heavy atom. The Morgan fingerprint density at radius 2 is 1.94 bits per heavy atom. The molecule has 0 bridgehead atoms. The van der Waals surface area contributed by atoms with Gasteiger partial charge in [-0.3, -0.25) is 0 Å². The molecule has 2 heterocycles. The molecule has 32 heavy (non-hydrogen) atoms. The summed E-state index contributed by atoms with van der Waals surface area (Å²) in [5.74, 6) is -2.10. The molecule has 1 N–H and O–H groups in total. The van der Waals surface area contributed by atoms with Crippen molar-refractivity contribution in [2.24, 2.45) is 0 Å². The van der Waals surface area contributed by atoms with E-state index in [0.717, 1.165) is 6.07 Å². The van der Waals surface area contributed by atoms with E-state index in [1.165, 1.54) is 40.2 Å². The topological polar surface area (TPSA) is 90.9 Å². The van der Waals surface area contributed by atoms with E-state index in [2.05, 4.69) is 20.4 Å². The second kappa shape index (κ2) is 8.89. The first kappa shape index (κ1) is 21.7. The molecule has 0 aliphatic carbocycles. The highest BCUT2D eigenvalue weighted by atomic mass is 19.1. The van der Waals surface area contributed by atoms with Crippen molar-refractivity contribution in [3.8, 4) is 5.69 Å². The Hall–Kier alpha value is -3.57. The molecule has 0 aliphatic heterocycles. The van der Waals surface area contributed by atoms with Crippen molar-refractivity contribution in [2.45, 2.75) is 31.8 Å². The van der Waals surface area contributed by atoms with Gasteiger partial charge in [-0.25, -0.2) is 27.5 Å². The minimum Gasteiger partial charge on any atom is -0.380 e. The molecule has 11 heteroatoms. The van der Waals surface area contributed by atoms with E-state index in [1.807, 2.05) is 0 Å². The summed E-state index contributed by atoms with van der Waals surface area (Å²) in [4.78, 5) is 3.83. The summed E-state index contributed by atoms with van der Waals surface area (Å²) in [6.07, 6.45) is 3.23. The number of aromatic nitrogens is 6. The van der Waals surface area contributed by atoms with Crippen LogP contribution >= 0.6 is 0 Å². The number of rotatable bonds is 8. The van der Waals surface area contributed by atoms with Crippen LogP contribution in [0.2, 0.25) is 0 Å². The van der Waals surface area contributed by atoms with Gasteiger partial charge in [0.1, 0.15) is 41.4 Å². The van der Waals surface area contributed by atoms with Gasteiger partial charge in [-0.2, -0.15) is 5.10 Å². The summed E-state index contributed by atoms with van der Waals surface area (Å²) in [6.45, 7) is 1.29. The van der Waals surface area contributed by atoms with E-state index >= 15 is 0 Å². The molecule has 0 aliphatic rings. The number of halogens is 3. The van der Waals surface area contributed by atoms with Crippen LogP contribution in [-0.2, 0) is 23.5 Å². The van der Waals surface area contributed by atoms with Crippen LogP contribution in [0.25, 0.3) is 5.69 Å². The zero-order valence-electron chi connectivity index (χ0n) is 16.9. The number of ether oxygens (including phenoxy) is 1. The lowest BCUT2D eigenvalue weighted by atomic mass is 9.88. The Bertz CT molecular complexity index is 1200. The van der Waals surface area contributed by atoms with Crippen molar-refractivity contribution in [3.05, 3.63) is 90.0 Å². The fourth-order valence-corrected chi connectivity index (χ4v) is 3.29. The van der Waals surface area contributed by atoms with Gasteiger partial charge < -0.3 is 9.84 Å². The average molecular weight is 444 g/mol. The molecule has 8 nitrogen and oxygen atoms in total. The smallest absolute Gasteiger partial charge is 0.138 e. The van der Waals surface area contributed by atoms with Crippen molar-refractivity contribution in [1.29, 1.82) is 0 Å². The predicted octanol–water partition coefficient (Wildman–Crippen LogP) is 2.77. The maximum atomic E-state index is 14.6. The van der Waals surface area contributed by atoms with Crippen LogP contribution in [-0.4, -0.2) is 41.0 Å². The molecule has 4 aromatic rings. The van der Waals surface area contributed by atoms with E-state index < -0.39 is 29.2 Å². The third kappa shape index (κ3) is 4.53. The number of nitrogens with zero attached hydrogens (tertiary/aromatic N) is 6. The molecule has 0 spiro atoms. The lowest BCUT2D eigenvalue weighted by molar-refractivity contribution is -0.124. The van der Waals surface area contributed by atoms with Gasteiger partial charge in [0.25, 0.3) is 0 Å². The second-order valence-corrected chi connectivity index (χ2v) is 7.23. The van der Waals surface area contributed by atoms with Crippen molar-refractivity contribution < 1.29 is 23.0 Å². The average Bonchev–Trinajstić information content (AvgIpc) is 3.44. The Balaban J connectivity index is 1.55. The molecule has 166 valence electrons. The summed E-state index contributed by atoms with van der Waals surface area (Å²) < 4.78 is 49.9. The summed E-state index contributed by atoms with van der Waals surface area (Å²) in [5, 5.41) is 23.3. The summed E-state index contributed by atoms with van der Waals surface area (Å²) >= 11 is 0. The lowest BCUT2D eigenvalue weighted by Crippen LogP contribution is -2.44. The molecule has 2 atom stereocenters.